The minimum atomic E-state index is -0.0955. The molecule has 1 heteroatoms. The summed E-state index contributed by atoms with van der Waals surface area (Å²) in [5.74, 6) is 1.21. The highest BCUT2D eigenvalue weighted by atomic mass is 16.3. The van der Waals surface area contributed by atoms with Gasteiger partial charge >= 0.3 is 0 Å². The zero-order valence-electron chi connectivity index (χ0n) is 12.7. The van der Waals surface area contributed by atoms with Crippen molar-refractivity contribution in [3.05, 3.63) is 0 Å². The van der Waals surface area contributed by atoms with E-state index in [1.165, 1.54) is 25.7 Å². The Morgan fingerprint density at radius 1 is 1.06 bits per heavy atom. The van der Waals surface area contributed by atoms with Crippen LogP contribution < -0.4 is 0 Å². The van der Waals surface area contributed by atoms with Crippen LogP contribution in [0.15, 0.2) is 0 Å². The predicted molar refractivity (Wildman–Crippen MR) is 75.0 cm³/mol. The van der Waals surface area contributed by atoms with Crippen molar-refractivity contribution in [1.29, 1.82) is 0 Å². The van der Waals surface area contributed by atoms with Crippen molar-refractivity contribution in [3.8, 4) is 0 Å². The van der Waals surface area contributed by atoms with Gasteiger partial charge in [-0.3, -0.25) is 0 Å². The van der Waals surface area contributed by atoms with Gasteiger partial charge in [0.05, 0.1) is 6.10 Å². The molecule has 0 saturated heterocycles. The topological polar surface area (TPSA) is 20.2 Å². The van der Waals surface area contributed by atoms with Gasteiger partial charge in [-0.15, -0.1) is 0 Å². The van der Waals surface area contributed by atoms with Gasteiger partial charge in [0, 0.05) is 0 Å². The summed E-state index contributed by atoms with van der Waals surface area (Å²) in [6.07, 6.45) is 5.99. The fraction of sp³-hybridized carbons (Fsp3) is 1.00. The molecule has 0 radical (unpaired) electrons. The summed E-state index contributed by atoms with van der Waals surface area (Å²) in [4.78, 5) is 0. The Morgan fingerprint density at radius 2 is 1.59 bits per heavy atom. The average Bonchev–Trinajstić information content (AvgIpc) is 2.64. The smallest absolute Gasteiger partial charge is 0.0581 e. The van der Waals surface area contributed by atoms with E-state index in [9.17, 15) is 5.11 Å². The fourth-order valence-electron chi connectivity index (χ4n) is 3.67. The lowest BCUT2D eigenvalue weighted by Crippen LogP contribution is -2.19. The molecule has 0 aromatic heterocycles. The van der Waals surface area contributed by atoms with Gasteiger partial charge < -0.3 is 5.11 Å². The van der Waals surface area contributed by atoms with Gasteiger partial charge in [0.1, 0.15) is 0 Å². The van der Waals surface area contributed by atoms with E-state index in [0.29, 0.717) is 16.7 Å². The first-order valence-electron chi connectivity index (χ1n) is 7.47. The van der Waals surface area contributed by atoms with E-state index in [0.717, 1.165) is 12.3 Å². The Bertz CT molecular complexity index is 228. The molecule has 1 fully saturated rings. The zero-order chi connectivity index (χ0) is 13.3. The maximum absolute atomic E-state index is 10.5. The summed E-state index contributed by atoms with van der Waals surface area (Å²) < 4.78 is 0. The van der Waals surface area contributed by atoms with Crippen LogP contribution in [0.1, 0.15) is 73.6 Å². The standard InChI is InChI=1S/C16H32O/c1-7-9-10-12(8-2)11-13(17)14-15(3,4)16(14,5)6/h12-14,17H,7-11H2,1-6H3. The van der Waals surface area contributed by atoms with E-state index < -0.39 is 0 Å². The van der Waals surface area contributed by atoms with Crippen LogP contribution in [-0.2, 0) is 0 Å². The molecule has 1 N–H and O–H groups in total. The lowest BCUT2D eigenvalue weighted by Gasteiger charge is -2.20. The molecule has 0 spiro atoms. The third kappa shape index (κ3) is 2.86. The minimum Gasteiger partial charge on any atom is -0.393 e. The molecule has 0 amide bonds. The second-order valence-corrected chi connectivity index (χ2v) is 7.14. The monoisotopic (exact) mass is 240 g/mol. The highest BCUT2D eigenvalue weighted by Gasteiger charge is 2.66. The molecule has 17 heavy (non-hydrogen) atoms. The summed E-state index contributed by atoms with van der Waals surface area (Å²) in [5.41, 5.74) is 0.630. The first-order valence-corrected chi connectivity index (χ1v) is 7.47. The normalized spacial score (nSPS) is 25.6. The molecule has 0 aromatic carbocycles. The highest BCUT2D eigenvalue weighted by Crippen LogP contribution is 2.70. The Morgan fingerprint density at radius 3 is 1.94 bits per heavy atom. The van der Waals surface area contributed by atoms with Gasteiger partial charge in [0.25, 0.3) is 0 Å². The van der Waals surface area contributed by atoms with Crippen LogP contribution in [0.25, 0.3) is 0 Å². The lowest BCUT2D eigenvalue weighted by atomic mass is 9.90. The Labute approximate surface area is 108 Å². The number of unbranched alkanes of at least 4 members (excludes halogenated alkanes) is 1. The summed E-state index contributed by atoms with van der Waals surface area (Å²) in [5, 5.41) is 10.5. The van der Waals surface area contributed by atoms with Gasteiger partial charge in [-0.25, -0.2) is 0 Å². The molecule has 0 aliphatic heterocycles. The summed E-state index contributed by atoms with van der Waals surface area (Å²) in [7, 11) is 0. The van der Waals surface area contributed by atoms with Crippen LogP contribution in [0.3, 0.4) is 0 Å². The molecule has 2 unspecified atom stereocenters. The number of aliphatic hydroxyl groups excluding tert-OH is 1. The number of aliphatic hydroxyl groups is 1. The van der Waals surface area contributed by atoms with Crippen molar-refractivity contribution in [2.24, 2.45) is 22.7 Å². The third-order valence-electron chi connectivity index (χ3n) is 5.64. The third-order valence-corrected chi connectivity index (χ3v) is 5.64. The second kappa shape index (κ2) is 5.30. The molecule has 1 aliphatic carbocycles. The quantitative estimate of drug-likeness (QED) is 0.687. The molecular weight excluding hydrogens is 208 g/mol. The van der Waals surface area contributed by atoms with Crippen LogP contribution in [0.4, 0.5) is 0 Å². The van der Waals surface area contributed by atoms with Gasteiger partial charge in [-0.05, 0) is 29.1 Å². The lowest BCUT2D eigenvalue weighted by molar-refractivity contribution is 0.0975. The van der Waals surface area contributed by atoms with Crippen LogP contribution in [-0.4, -0.2) is 11.2 Å². The Hall–Kier alpha value is -0.0400. The maximum atomic E-state index is 10.5. The Balaban J connectivity index is 2.47. The van der Waals surface area contributed by atoms with Crippen LogP contribution in [0.5, 0.6) is 0 Å². The Kier molecular flexibility index (Phi) is 4.68. The average molecular weight is 240 g/mol. The van der Waals surface area contributed by atoms with Gasteiger partial charge in [0.15, 0.2) is 0 Å². The maximum Gasteiger partial charge on any atom is 0.0581 e. The highest BCUT2D eigenvalue weighted by molar-refractivity contribution is 5.14. The van der Waals surface area contributed by atoms with E-state index in [-0.39, 0.29) is 6.10 Å². The van der Waals surface area contributed by atoms with Crippen molar-refractivity contribution >= 4 is 0 Å². The summed E-state index contributed by atoms with van der Waals surface area (Å²) >= 11 is 0. The largest absolute Gasteiger partial charge is 0.393 e. The molecule has 1 aliphatic rings. The molecule has 102 valence electrons. The predicted octanol–water partition coefficient (Wildman–Crippen LogP) is 4.64. The first kappa shape index (κ1) is 15.0. The SMILES string of the molecule is CCCCC(CC)CC(O)C1C(C)(C)C1(C)C. The molecule has 0 bridgehead atoms. The summed E-state index contributed by atoms with van der Waals surface area (Å²) in [6, 6.07) is 0. The molecule has 2 atom stereocenters. The number of hydrogen-bond donors (Lipinski definition) is 1. The van der Waals surface area contributed by atoms with Crippen molar-refractivity contribution in [3.63, 3.8) is 0 Å². The van der Waals surface area contributed by atoms with Gasteiger partial charge in [0.2, 0.25) is 0 Å². The number of hydrogen-bond acceptors (Lipinski definition) is 1. The summed E-state index contributed by atoms with van der Waals surface area (Å²) in [6.45, 7) is 13.7. The van der Waals surface area contributed by atoms with E-state index in [1.54, 1.807) is 0 Å². The minimum absolute atomic E-state index is 0.0955. The molecule has 1 rings (SSSR count). The van der Waals surface area contributed by atoms with E-state index >= 15 is 0 Å². The van der Waals surface area contributed by atoms with Gasteiger partial charge in [-0.1, -0.05) is 67.2 Å². The zero-order valence-corrected chi connectivity index (χ0v) is 12.7. The second-order valence-electron chi connectivity index (χ2n) is 7.14. The van der Waals surface area contributed by atoms with E-state index in [1.807, 2.05) is 0 Å². The van der Waals surface area contributed by atoms with Gasteiger partial charge in [-0.2, -0.15) is 0 Å². The van der Waals surface area contributed by atoms with Crippen molar-refractivity contribution in [1.82, 2.24) is 0 Å². The molecule has 1 nitrogen and oxygen atoms in total. The molecule has 1 saturated carbocycles. The van der Waals surface area contributed by atoms with Crippen molar-refractivity contribution < 1.29 is 5.11 Å². The van der Waals surface area contributed by atoms with Crippen molar-refractivity contribution in [2.45, 2.75) is 79.8 Å². The van der Waals surface area contributed by atoms with Crippen LogP contribution >= 0.6 is 0 Å². The van der Waals surface area contributed by atoms with Crippen LogP contribution in [0.2, 0.25) is 0 Å². The van der Waals surface area contributed by atoms with E-state index in [2.05, 4.69) is 41.5 Å². The number of rotatable bonds is 7. The first-order chi connectivity index (χ1) is 7.79. The van der Waals surface area contributed by atoms with Crippen molar-refractivity contribution in [2.75, 3.05) is 0 Å². The van der Waals surface area contributed by atoms with E-state index in [4.69, 9.17) is 0 Å². The molecule has 0 aromatic rings. The fourth-order valence-corrected chi connectivity index (χ4v) is 3.67. The van der Waals surface area contributed by atoms with Crippen LogP contribution in [0, 0.1) is 22.7 Å². The molecule has 0 heterocycles. The molecular formula is C16H32O.